The van der Waals surface area contributed by atoms with E-state index in [0.717, 1.165) is 11.4 Å². The van der Waals surface area contributed by atoms with Gasteiger partial charge in [0.05, 0.1) is 0 Å². The Balaban J connectivity index is 2.18. The first-order chi connectivity index (χ1) is 9.88. The highest BCUT2D eigenvalue weighted by Crippen LogP contribution is 2.24. The van der Waals surface area contributed by atoms with Crippen molar-refractivity contribution in [3.63, 3.8) is 0 Å². The highest BCUT2D eigenvalue weighted by Gasteiger charge is 2.16. The van der Waals surface area contributed by atoms with E-state index in [2.05, 4.69) is 82.2 Å². The quantitative estimate of drug-likeness (QED) is 0.877. The van der Waals surface area contributed by atoms with Crippen LogP contribution in [0.3, 0.4) is 0 Å². The predicted octanol–water partition coefficient (Wildman–Crippen LogP) is 4.73. The number of hydrogen-bond acceptors (Lipinski definition) is 2. The Labute approximate surface area is 128 Å². The van der Waals surface area contributed by atoms with Crippen molar-refractivity contribution in [1.29, 1.82) is 0 Å². The van der Waals surface area contributed by atoms with E-state index in [1.807, 2.05) is 0 Å². The third-order valence-electron chi connectivity index (χ3n) is 4.09. The zero-order valence-electron chi connectivity index (χ0n) is 14.0. The number of benzene rings is 1. The predicted molar refractivity (Wildman–Crippen MR) is 89.6 cm³/mol. The first-order valence-electron chi connectivity index (χ1n) is 7.66. The van der Waals surface area contributed by atoms with Crippen LogP contribution in [0.1, 0.15) is 59.6 Å². The molecule has 0 aliphatic carbocycles. The number of nitrogens with zero attached hydrogens (tertiary/aromatic N) is 1. The van der Waals surface area contributed by atoms with Gasteiger partial charge in [-0.2, -0.15) is 0 Å². The summed E-state index contributed by atoms with van der Waals surface area (Å²) in [5.74, 6) is 0. The second kappa shape index (κ2) is 6.40. The van der Waals surface area contributed by atoms with Gasteiger partial charge in [0, 0.05) is 23.5 Å². The van der Waals surface area contributed by atoms with Gasteiger partial charge in [-0.15, -0.1) is 0 Å². The molecule has 2 aromatic rings. The summed E-state index contributed by atoms with van der Waals surface area (Å²) >= 11 is 0. The summed E-state index contributed by atoms with van der Waals surface area (Å²) in [4.78, 5) is 4.61. The maximum Gasteiger partial charge on any atom is 0.0426 e. The number of aryl methyl sites for hydroxylation is 4. The summed E-state index contributed by atoms with van der Waals surface area (Å²) in [6.07, 6.45) is 0. The lowest BCUT2D eigenvalue weighted by Gasteiger charge is -2.23. The van der Waals surface area contributed by atoms with Crippen molar-refractivity contribution in [2.45, 2.75) is 53.6 Å². The van der Waals surface area contributed by atoms with Gasteiger partial charge in [-0.25, -0.2) is 0 Å². The lowest BCUT2D eigenvalue weighted by Crippen LogP contribution is -2.24. The molecule has 0 aliphatic heterocycles. The van der Waals surface area contributed by atoms with Crippen LogP contribution in [0.25, 0.3) is 0 Å². The molecule has 0 radical (unpaired) electrons. The molecule has 0 saturated heterocycles. The number of aromatic nitrogens is 1. The van der Waals surface area contributed by atoms with E-state index in [4.69, 9.17) is 0 Å². The van der Waals surface area contributed by atoms with Crippen molar-refractivity contribution in [3.05, 3.63) is 64.0 Å². The molecule has 0 fully saturated rings. The lowest BCUT2D eigenvalue weighted by molar-refractivity contribution is 0.490. The first-order valence-corrected chi connectivity index (χ1v) is 7.66. The SMILES string of the molecule is Cc1ccc(C(C)NC(C)c2c(C)cc(C)nc2C)cc1. The molecule has 2 unspecified atom stereocenters. The maximum absolute atomic E-state index is 4.61. The smallest absolute Gasteiger partial charge is 0.0426 e. The summed E-state index contributed by atoms with van der Waals surface area (Å²) in [5.41, 5.74) is 7.48. The van der Waals surface area contributed by atoms with Crippen molar-refractivity contribution in [2.75, 3.05) is 0 Å². The fourth-order valence-corrected chi connectivity index (χ4v) is 3.10. The molecule has 0 saturated carbocycles. The Morgan fingerprint density at radius 3 is 2.10 bits per heavy atom. The van der Waals surface area contributed by atoms with Crippen LogP contribution in [0.4, 0.5) is 0 Å². The minimum absolute atomic E-state index is 0.286. The molecule has 1 aromatic carbocycles. The average Bonchev–Trinajstić information content (AvgIpc) is 2.37. The third-order valence-corrected chi connectivity index (χ3v) is 4.09. The van der Waals surface area contributed by atoms with Crippen molar-refractivity contribution in [1.82, 2.24) is 10.3 Å². The van der Waals surface area contributed by atoms with E-state index in [9.17, 15) is 0 Å². The monoisotopic (exact) mass is 282 g/mol. The molecule has 0 spiro atoms. The molecule has 21 heavy (non-hydrogen) atoms. The maximum atomic E-state index is 4.61. The summed E-state index contributed by atoms with van der Waals surface area (Å²) in [5, 5.41) is 3.69. The Hall–Kier alpha value is -1.67. The Kier molecular flexibility index (Phi) is 4.79. The standard InChI is InChI=1S/C19H26N2/c1-12-7-9-18(10-8-12)15(4)21-17(6)19-13(2)11-14(3)20-16(19)5/h7-11,15,17,21H,1-6H3. The van der Waals surface area contributed by atoms with Crippen LogP contribution in [0.2, 0.25) is 0 Å². The van der Waals surface area contributed by atoms with Gasteiger partial charge in [0.25, 0.3) is 0 Å². The Bertz CT molecular complexity index is 591. The van der Waals surface area contributed by atoms with Gasteiger partial charge in [-0.1, -0.05) is 29.8 Å². The summed E-state index contributed by atoms with van der Waals surface area (Å²) in [6.45, 7) is 12.9. The molecule has 2 rings (SSSR count). The van der Waals surface area contributed by atoms with Gasteiger partial charge < -0.3 is 5.32 Å². The van der Waals surface area contributed by atoms with Crippen LogP contribution in [-0.2, 0) is 0 Å². The molecular weight excluding hydrogens is 256 g/mol. The van der Waals surface area contributed by atoms with Crippen molar-refractivity contribution in [3.8, 4) is 0 Å². The molecule has 2 atom stereocenters. The molecule has 0 aliphatic rings. The largest absolute Gasteiger partial charge is 0.304 e. The summed E-state index contributed by atoms with van der Waals surface area (Å²) in [7, 11) is 0. The van der Waals surface area contributed by atoms with Gasteiger partial charge >= 0.3 is 0 Å². The second-order valence-corrected chi connectivity index (χ2v) is 6.10. The van der Waals surface area contributed by atoms with Crippen LogP contribution in [0.15, 0.2) is 30.3 Å². The summed E-state index contributed by atoms with van der Waals surface area (Å²) in [6, 6.07) is 11.5. The van der Waals surface area contributed by atoms with Crippen LogP contribution in [-0.4, -0.2) is 4.98 Å². The first kappa shape index (κ1) is 15.7. The highest BCUT2D eigenvalue weighted by atomic mass is 14.9. The molecule has 2 heteroatoms. The number of pyridine rings is 1. The Morgan fingerprint density at radius 1 is 0.905 bits per heavy atom. The van der Waals surface area contributed by atoms with Gasteiger partial charge in [0.15, 0.2) is 0 Å². The topological polar surface area (TPSA) is 24.9 Å². The highest BCUT2D eigenvalue weighted by molar-refractivity contribution is 5.34. The minimum atomic E-state index is 0.286. The van der Waals surface area contributed by atoms with Crippen molar-refractivity contribution >= 4 is 0 Å². The molecule has 0 bridgehead atoms. The van der Waals surface area contributed by atoms with Gasteiger partial charge in [0.2, 0.25) is 0 Å². The molecule has 1 N–H and O–H groups in total. The van der Waals surface area contributed by atoms with E-state index < -0.39 is 0 Å². The van der Waals surface area contributed by atoms with Crippen LogP contribution < -0.4 is 5.32 Å². The molecule has 2 nitrogen and oxygen atoms in total. The minimum Gasteiger partial charge on any atom is -0.304 e. The van der Waals surface area contributed by atoms with E-state index >= 15 is 0 Å². The molecular formula is C19H26N2. The van der Waals surface area contributed by atoms with E-state index in [1.165, 1.54) is 22.3 Å². The lowest BCUT2D eigenvalue weighted by atomic mass is 9.98. The van der Waals surface area contributed by atoms with E-state index in [0.29, 0.717) is 6.04 Å². The van der Waals surface area contributed by atoms with Crippen LogP contribution in [0.5, 0.6) is 0 Å². The fourth-order valence-electron chi connectivity index (χ4n) is 3.10. The van der Waals surface area contributed by atoms with Gasteiger partial charge in [0.1, 0.15) is 0 Å². The molecule has 112 valence electrons. The Morgan fingerprint density at radius 2 is 1.52 bits per heavy atom. The van der Waals surface area contributed by atoms with Gasteiger partial charge in [-0.3, -0.25) is 4.98 Å². The third kappa shape index (κ3) is 3.70. The van der Waals surface area contributed by atoms with Crippen molar-refractivity contribution in [2.24, 2.45) is 0 Å². The van der Waals surface area contributed by atoms with E-state index in [1.54, 1.807) is 0 Å². The zero-order valence-corrected chi connectivity index (χ0v) is 14.0. The zero-order chi connectivity index (χ0) is 15.6. The summed E-state index contributed by atoms with van der Waals surface area (Å²) < 4.78 is 0. The molecule has 1 heterocycles. The van der Waals surface area contributed by atoms with Gasteiger partial charge in [-0.05, 0) is 64.3 Å². The molecule has 1 aromatic heterocycles. The second-order valence-electron chi connectivity index (χ2n) is 6.10. The molecule has 0 amide bonds. The van der Waals surface area contributed by atoms with Crippen LogP contribution in [0, 0.1) is 27.7 Å². The van der Waals surface area contributed by atoms with E-state index in [-0.39, 0.29) is 6.04 Å². The van der Waals surface area contributed by atoms with Crippen molar-refractivity contribution < 1.29 is 0 Å². The fraction of sp³-hybridized carbons (Fsp3) is 0.421. The number of rotatable bonds is 4. The van der Waals surface area contributed by atoms with Crippen LogP contribution >= 0.6 is 0 Å². The number of hydrogen-bond donors (Lipinski definition) is 1. The number of nitrogens with one attached hydrogen (secondary N) is 1. The average molecular weight is 282 g/mol. The normalized spacial score (nSPS) is 14.0.